The third-order valence-corrected chi connectivity index (χ3v) is 8.50. The molecule has 4 atom stereocenters. The zero-order valence-corrected chi connectivity index (χ0v) is 22.4. The van der Waals surface area contributed by atoms with E-state index in [4.69, 9.17) is 11.6 Å². The molecule has 2 saturated heterocycles. The number of benzene rings is 1. The molecule has 0 unspecified atom stereocenters. The number of nitrogens with zero attached hydrogens (tertiary/aromatic N) is 2. The molecule has 7 nitrogen and oxygen atoms in total. The van der Waals surface area contributed by atoms with Crippen LogP contribution in [0.5, 0.6) is 0 Å². The fraction of sp³-hybridized carbons (Fsp3) is 0.615. The van der Waals surface area contributed by atoms with E-state index in [1.54, 1.807) is 11.8 Å². The van der Waals surface area contributed by atoms with Crippen molar-refractivity contribution in [3.05, 3.63) is 46.3 Å². The number of sulfone groups is 1. The van der Waals surface area contributed by atoms with Crippen molar-refractivity contribution in [2.45, 2.75) is 62.7 Å². The van der Waals surface area contributed by atoms with Crippen LogP contribution in [-0.2, 0) is 19.4 Å². The second kappa shape index (κ2) is 10.8. The van der Waals surface area contributed by atoms with Crippen LogP contribution in [0.15, 0.2) is 35.7 Å². The van der Waals surface area contributed by atoms with Crippen LogP contribution in [0.3, 0.4) is 0 Å². The summed E-state index contributed by atoms with van der Waals surface area (Å²) in [6, 6.07) is 7.56. The second-order valence-electron chi connectivity index (χ2n) is 10.5. The first-order valence-electron chi connectivity index (χ1n) is 12.6. The van der Waals surface area contributed by atoms with Crippen molar-refractivity contribution in [2.75, 3.05) is 32.4 Å². The van der Waals surface area contributed by atoms with Crippen LogP contribution >= 0.6 is 11.6 Å². The van der Waals surface area contributed by atoms with Crippen molar-refractivity contribution in [1.29, 1.82) is 0 Å². The van der Waals surface area contributed by atoms with Crippen LogP contribution in [0.4, 0.5) is 4.39 Å². The molecule has 0 bridgehead atoms. The molecule has 1 aliphatic carbocycles. The summed E-state index contributed by atoms with van der Waals surface area (Å²) in [5.41, 5.74) is -1.13. The number of carbonyl (C=O) groups is 2. The molecule has 1 saturated carbocycles. The third kappa shape index (κ3) is 6.47. The van der Waals surface area contributed by atoms with Crippen LogP contribution in [0.25, 0.3) is 0 Å². The van der Waals surface area contributed by atoms with Gasteiger partial charge in [-0.25, -0.2) is 12.8 Å². The Bertz CT molecular complexity index is 1130. The molecule has 1 aromatic rings. The molecule has 0 aromatic heterocycles. The van der Waals surface area contributed by atoms with Gasteiger partial charge in [-0.2, -0.15) is 0 Å². The Hall–Kier alpha value is -1.97. The van der Waals surface area contributed by atoms with Gasteiger partial charge in [0.2, 0.25) is 5.91 Å². The lowest BCUT2D eigenvalue weighted by molar-refractivity contribution is -0.137. The molecule has 10 heteroatoms. The molecule has 198 valence electrons. The molecule has 0 radical (unpaired) electrons. The number of alkyl halides is 1. The van der Waals surface area contributed by atoms with Gasteiger partial charge in [0.15, 0.2) is 15.5 Å². The number of hydrogen-bond acceptors (Lipinski definition) is 5. The Morgan fingerprint density at radius 3 is 2.58 bits per heavy atom. The molecule has 3 aliphatic rings. The number of nitrogens with one attached hydrogen (secondary N) is 1. The lowest BCUT2D eigenvalue weighted by Crippen LogP contribution is -2.47. The van der Waals surface area contributed by atoms with E-state index in [1.807, 2.05) is 24.3 Å². The SMILES string of the molecule is C[C@H](/C=C\S(C)(=O)=O)NC(=O)[C@@]1(F)CCCN(C(=O)[C@H]2CN(C3CC3)C[C@H]2c2ccccc2Cl)CC1. The minimum absolute atomic E-state index is 0.00261. The summed E-state index contributed by atoms with van der Waals surface area (Å²) in [7, 11) is -3.34. The number of amides is 2. The van der Waals surface area contributed by atoms with Crippen molar-refractivity contribution in [1.82, 2.24) is 15.1 Å². The average Bonchev–Trinajstić information content (AvgIpc) is 3.61. The third-order valence-electron chi connectivity index (χ3n) is 7.50. The minimum atomic E-state index is -3.34. The van der Waals surface area contributed by atoms with E-state index in [1.165, 1.54) is 6.08 Å². The van der Waals surface area contributed by atoms with Gasteiger partial charge in [-0.3, -0.25) is 14.5 Å². The molecule has 1 N–H and O–H groups in total. The van der Waals surface area contributed by atoms with Crippen molar-refractivity contribution < 1.29 is 22.4 Å². The first-order valence-corrected chi connectivity index (χ1v) is 15.0. The minimum Gasteiger partial charge on any atom is -0.347 e. The number of hydrogen-bond donors (Lipinski definition) is 1. The highest BCUT2D eigenvalue weighted by molar-refractivity contribution is 7.93. The maximum absolute atomic E-state index is 15.7. The van der Waals surface area contributed by atoms with E-state index < -0.39 is 27.5 Å². The van der Waals surface area contributed by atoms with Gasteiger partial charge in [-0.1, -0.05) is 35.9 Å². The molecule has 1 aromatic carbocycles. The predicted octanol–water partition coefficient (Wildman–Crippen LogP) is 3.30. The van der Waals surface area contributed by atoms with Gasteiger partial charge in [-0.15, -0.1) is 0 Å². The molecule has 2 amide bonds. The molecular weight excluding hydrogens is 505 g/mol. The summed E-state index contributed by atoms with van der Waals surface area (Å²) in [5, 5.41) is 4.22. The zero-order chi connectivity index (χ0) is 26.1. The quantitative estimate of drug-likeness (QED) is 0.574. The van der Waals surface area contributed by atoms with Gasteiger partial charge >= 0.3 is 0 Å². The molecule has 4 rings (SSSR count). The van der Waals surface area contributed by atoms with Crippen LogP contribution in [0.2, 0.25) is 5.02 Å². The Morgan fingerprint density at radius 1 is 1.19 bits per heavy atom. The maximum Gasteiger partial charge on any atom is 0.258 e. The highest BCUT2D eigenvalue weighted by Gasteiger charge is 2.47. The number of likely N-dealkylation sites (tertiary alicyclic amines) is 2. The second-order valence-corrected chi connectivity index (χ2v) is 12.8. The highest BCUT2D eigenvalue weighted by atomic mass is 35.5. The predicted molar refractivity (Wildman–Crippen MR) is 138 cm³/mol. The monoisotopic (exact) mass is 539 g/mol. The maximum atomic E-state index is 15.7. The molecule has 2 heterocycles. The highest BCUT2D eigenvalue weighted by Crippen LogP contribution is 2.42. The van der Waals surface area contributed by atoms with Gasteiger partial charge in [0.1, 0.15) is 0 Å². The topological polar surface area (TPSA) is 86.8 Å². The molecule has 0 spiro atoms. The standard InChI is InChI=1S/C26H35ClFN3O4S/c1-18(10-15-36(2,34)35)29-25(33)26(28)11-5-13-30(14-12-26)24(32)22-17-31(19-8-9-19)16-21(22)20-6-3-4-7-23(20)27/h3-4,6-7,10,15,18-19,21-22H,5,8-9,11-14,16-17H2,1-2H3,(H,29,33)/b15-10-/t18-,21+,22+,26-/m1/s1. The normalized spacial score (nSPS) is 28.7. The van der Waals surface area contributed by atoms with E-state index in [9.17, 15) is 18.0 Å². The average molecular weight is 540 g/mol. The molecular formula is C26H35ClFN3O4S. The lowest BCUT2D eigenvalue weighted by atomic mass is 9.87. The Balaban J connectivity index is 1.43. The summed E-state index contributed by atoms with van der Waals surface area (Å²) in [6.07, 6.45) is 4.97. The van der Waals surface area contributed by atoms with Gasteiger partial charge in [0.05, 0.1) is 5.92 Å². The summed E-state index contributed by atoms with van der Waals surface area (Å²) in [5.74, 6) is -1.04. The first-order chi connectivity index (χ1) is 17.0. The summed E-state index contributed by atoms with van der Waals surface area (Å²) >= 11 is 6.51. The van der Waals surface area contributed by atoms with Crippen molar-refractivity contribution in [2.24, 2.45) is 5.92 Å². The lowest BCUT2D eigenvalue weighted by Gasteiger charge is -2.28. The van der Waals surface area contributed by atoms with Crippen molar-refractivity contribution >= 4 is 33.3 Å². The van der Waals surface area contributed by atoms with E-state index >= 15 is 4.39 Å². The molecule has 3 fully saturated rings. The first kappa shape index (κ1) is 27.1. The van der Waals surface area contributed by atoms with Crippen LogP contribution in [0, 0.1) is 5.92 Å². The Morgan fingerprint density at radius 2 is 1.92 bits per heavy atom. The van der Waals surface area contributed by atoms with Gasteiger partial charge in [-0.05, 0) is 44.2 Å². The smallest absolute Gasteiger partial charge is 0.258 e. The number of rotatable bonds is 7. The Kier molecular flexibility index (Phi) is 8.12. The van der Waals surface area contributed by atoms with Crippen LogP contribution < -0.4 is 5.32 Å². The van der Waals surface area contributed by atoms with Crippen molar-refractivity contribution in [3.63, 3.8) is 0 Å². The fourth-order valence-corrected chi connectivity index (χ4v) is 6.14. The van der Waals surface area contributed by atoms with E-state index in [2.05, 4.69) is 10.2 Å². The van der Waals surface area contributed by atoms with E-state index in [0.717, 1.165) is 36.6 Å². The summed E-state index contributed by atoms with van der Waals surface area (Å²) in [6.45, 7) is 3.60. The summed E-state index contributed by atoms with van der Waals surface area (Å²) in [4.78, 5) is 30.6. The number of carbonyl (C=O) groups excluding carboxylic acids is 2. The van der Waals surface area contributed by atoms with Crippen LogP contribution in [-0.4, -0.2) is 80.2 Å². The van der Waals surface area contributed by atoms with E-state index in [0.29, 0.717) is 30.6 Å². The summed E-state index contributed by atoms with van der Waals surface area (Å²) < 4.78 is 38.4. The number of halogens is 2. The van der Waals surface area contributed by atoms with Crippen molar-refractivity contribution in [3.8, 4) is 0 Å². The molecule has 36 heavy (non-hydrogen) atoms. The van der Waals surface area contributed by atoms with Crippen LogP contribution in [0.1, 0.15) is 50.5 Å². The fourth-order valence-electron chi connectivity index (χ4n) is 5.34. The zero-order valence-electron chi connectivity index (χ0n) is 20.8. The van der Waals surface area contributed by atoms with Gasteiger partial charge in [0, 0.05) is 67.3 Å². The Labute approximate surface area is 218 Å². The largest absolute Gasteiger partial charge is 0.347 e. The van der Waals surface area contributed by atoms with Gasteiger partial charge in [0.25, 0.3) is 5.91 Å². The molecule has 2 aliphatic heterocycles. The van der Waals surface area contributed by atoms with E-state index in [-0.39, 0.29) is 37.1 Å². The van der Waals surface area contributed by atoms with Gasteiger partial charge < -0.3 is 10.2 Å².